The molecule has 0 aromatic heterocycles. The van der Waals surface area contributed by atoms with Crippen molar-refractivity contribution in [3.8, 4) is 6.07 Å². The van der Waals surface area contributed by atoms with Crippen molar-refractivity contribution >= 4 is 38.9 Å². The Morgan fingerprint density at radius 1 is 1.35 bits per heavy atom. The fourth-order valence-electron chi connectivity index (χ4n) is 1.52. The van der Waals surface area contributed by atoms with Crippen molar-refractivity contribution in [3.63, 3.8) is 0 Å². The van der Waals surface area contributed by atoms with Gasteiger partial charge in [0.25, 0.3) is 0 Å². The molecule has 0 atom stereocenters. The summed E-state index contributed by atoms with van der Waals surface area (Å²) in [7, 11) is -5.79. The molecule has 1 aliphatic carbocycles. The SMILES string of the molecule is N#C/C(=N\OS(=O)(=O)C(F)(F)F)C1CC[CH-]CC1.[Mg+2].[OH-]. The maximum absolute atomic E-state index is 12.0. The third-order valence-corrected chi connectivity index (χ3v) is 3.29. The summed E-state index contributed by atoms with van der Waals surface area (Å²) in [6.07, 6.45) is 4.48. The number of nitriles is 1. The second kappa shape index (κ2) is 8.66. The number of hydrogen-bond donors (Lipinski definition) is 0. The molecule has 0 aromatic rings. The molecule has 11 heteroatoms. The van der Waals surface area contributed by atoms with E-state index in [-0.39, 0.29) is 40.2 Å². The molecule has 1 N–H and O–H groups in total. The molecule has 6 nitrogen and oxygen atoms in total. The molecule has 0 spiro atoms. The van der Waals surface area contributed by atoms with E-state index in [2.05, 4.69) is 9.44 Å². The van der Waals surface area contributed by atoms with Crippen LogP contribution in [0.2, 0.25) is 0 Å². The molecule has 0 heterocycles. The second-order valence-electron chi connectivity index (χ2n) is 3.70. The Labute approximate surface area is 130 Å². The van der Waals surface area contributed by atoms with E-state index in [1.54, 1.807) is 6.07 Å². The van der Waals surface area contributed by atoms with Crippen LogP contribution in [0.25, 0.3) is 0 Å². The Bertz CT molecular complexity index is 467. The summed E-state index contributed by atoms with van der Waals surface area (Å²) in [5, 5.41) is 11.6. The minimum Gasteiger partial charge on any atom is -0.870 e. The molecule has 1 saturated carbocycles. The van der Waals surface area contributed by atoms with Crippen molar-refractivity contribution in [1.82, 2.24) is 0 Å². The van der Waals surface area contributed by atoms with Gasteiger partial charge < -0.3 is 11.9 Å². The molecule has 0 amide bonds. The van der Waals surface area contributed by atoms with E-state index in [0.29, 0.717) is 25.7 Å². The second-order valence-corrected chi connectivity index (χ2v) is 5.22. The predicted molar refractivity (Wildman–Crippen MR) is 63.1 cm³/mol. The van der Waals surface area contributed by atoms with Gasteiger partial charge in [-0.25, -0.2) is 0 Å². The standard InChI is InChI=1S/C9H10F3N2O3S.Mg.H2O/c10-9(11,12)18(15,16)17-14-8(6-13)7-4-2-1-3-5-7;;/h1,7H,2-5H2;;1H2/q-1;+2;/p-1/b14-8+;;. The molecule has 1 rings (SSSR count). The van der Waals surface area contributed by atoms with Gasteiger partial charge in [0.05, 0.1) is 0 Å². The molecule has 0 aliphatic heterocycles. The Morgan fingerprint density at radius 3 is 2.25 bits per heavy atom. The molecular formula is C9H11F3MgN2O4S. The maximum Gasteiger partial charge on any atom is 2.00 e. The topological polar surface area (TPSA) is 110 Å². The number of nitrogens with zero attached hydrogens (tertiary/aromatic N) is 2. The predicted octanol–water partition coefficient (Wildman–Crippen LogP) is 1.57. The van der Waals surface area contributed by atoms with Gasteiger partial charge in [-0.05, 0) is 0 Å². The molecule has 0 saturated heterocycles. The van der Waals surface area contributed by atoms with E-state index in [4.69, 9.17) is 5.26 Å². The summed E-state index contributed by atoms with van der Waals surface area (Å²) in [6, 6.07) is 1.58. The summed E-state index contributed by atoms with van der Waals surface area (Å²) in [6.45, 7) is 0. The summed E-state index contributed by atoms with van der Waals surface area (Å²) >= 11 is 0. The molecule has 1 aliphatic rings. The van der Waals surface area contributed by atoms with Gasteiger partial charge in [0, 0.05) is 5.92 Å². The molecule has 0 radical (unpaired) electrons. The Kier molecular flexibility index (Phi) is 9.40. The van der Waals surface area contributed by atoms with E-state index in [0.717, 1.165) is 0 Å². The van der Waals surface area contributed by atoms with Gasteiger partial charge in [0.2, 0.25) is 0 Å². The minimum atomic E-state index is -5.79. The van der Waals surface area contributed by atoms with Gasteiger partial charge in [-0.2, -0.15) is 39.7 Å². The minimum absolute atomic E-state index is 0. The molecule has 0 unspecified atom stereocenters. The van der Waals surface area contributed by atoms with Gasteiger partial charge in [0.15, 0.2) is 5.71 Å². The molecule has 110 valence electrons. The fraction of sp³-hybridized carbons (Fsp3) is 0.667. The van der Waals surface area contributed by atoms with Gasteiger partial charge >= 0.3 is 38.7 Å². The monoisotopic (exact) mass is 324 g/mol. The molecular weight excluding hydrogens is 313 g/mol. The van der Waals surface area contributed by atoms with Gasteiger partial charge in [-0.3, -0.25) is 4.28 Å². The van der Waals surface area contributed by atoms with E-state index in [1.165, 1.54) is 0 Å². The largest absolute Gasteiger partial charge is 2.00 e. The van der Waals surface area contributed by atoms with Crippen molar-refractivity contribution in [2.75, 3.05) is 0 Å². The Hall–Kier alpha value is -0.574. The Balaban J connectivity index is 0. The zero-order chi connectivity index (χ0) is 13.8. The van der Waals surface area contributed by atoms with Crippen molar-refractivity contribution in [2.24, 2.45) is 11.1 Å². The van der Waals surface area contributed by atoms with E-state index < -0.39 is 15.6 Å². The number of oxime groups is 1. The average Bonchev–Trinajstić information content (AvgIpc) is 2.29. The molecule has 1 fully saturated rings. The summed E-state index contributed by atoms with van der Waals surface area (Å²) in [5.74, 6) is -0.358. The first kappa shape index (κ1) is 21.7. The molecule has 20 heavy (non-hydrogen) atoms. The number of alkyl halides is 3. The van der Waals surface area contributed by atoms with Crippen LogP contribution in [-0.4, -0.2) is 48.2 Å². The van der Waals surface area contributed by atoms with Crippen LogP contribution < -0.4 is 0 Å². The van der Waals surface area contributed by atoms with Crippen molar-refractivity contribution in [2.45, 2.75) is 31.2 Å². The summed E-state index contributed by atoms with van der Waals surface area (Å²) in [5.41, 5.74) is -5.87. The first-order valence-corrected chi connectivity index (χ1v) is 6.48. The van der Waals surface area contributed by atoms with Gasteiger partial charge in [0.1, 0.15) is 6.07 Å². The average molecular weight is 325 g/mol. The maximum atomic E-state index is 12.0. The number of hydrogen-bond acceptors (Lipinski definition) is 6. The van der Waals surface area contributed by atoms with Gasteiger partial charge in [-0.15, -0.1) is 0 Å². The number of rotatable bonds is 3. The van der Waals surface area contributed by atoms with E-state index in [9.17, 15) is 21.6 Å². The van der Waals surface area contributed by atoms with E-state index >= 15 is 0 Å². The van der Waals surface area contributed by atoms with Crippen LogP contribution in [0, 0.1) is 23.7 Å². The number of halogens is 3. The van der Waals surface area contributed by atoms with Crippen LogP contribution in [0.4, 0.5) is 13.2 Å². The zero-order valence-electron chi connectivity index (χ0n) is 10.3. The van der Waals surface area contributed by atoms with Gasteiger partial charge in [-0.1, -0.05) is 18.0 Å². The normalized spacial score (nSPS) is 17.4. The van der Waals surface area contributed by atoms with Crippen LogP contribution in [-0.2, 0) is 14.4 Å². The quantitative estimate of drug-likeness (QED) is 0.257. The first-order chi connectivity index (χ1) is 8.28. The van der Waals surface area contributed by atoms with Crippen LogP contribution in [0.5, 0.6) is 0 Å². The smallest absolute Gasteiger partial charge is 0.870 e. The summed E-state index contributed by atoms with van der Waals surface area (Å²) < 4.78 is 60.6. The van der Waals surface area contributed by atoms with Crippen molar-refractivity contribution in [3.05, 3.63) is 6.42 Å². The zero-order valence-corrected chi connectivity index (χ0v) is 12.5. The third-order valence-electron chi connectivity index (χ3n) is 2.46. The van der Waals surface area contributed by atoms with Crippen LogP contribution in [0.3, 0.4) is 0 Å². The fourth-order valence-corrected chi connectivity index (χ4v) is 1.78. The molecule has 0 aromatic carbocycles. The van der Waals surface area contributed by atoms with Crippen LogP contribution >= 0.6 is 0 Å². The Morgan fingerprint density at radius 2 is 1.85 bits per heavy atom. The molecule has 0 bridgehead atoms. The van der Waals surface area contributed by atoms with Crippen LogP contribution in [0.1, 0.15) is 25.7 Å². The van der Waals surface area contributed by atoms with Crippen LogP contribution in [0.15, 0.2) is 5.16 Å². The van der Waals surface area contributed by atoms with Crippen molar-refractivity contribution in [1.29, 1.82) is 5.26 Å². The third kappa shape index (κ3) is 5.82. The summed E-state index contributed by atoms with van der Waals surface area (Å²) in [4.78, 5) is 0. The van der Waals surface area contributed by atoms with Crippen molar-refractivity contribution < 1.29 is 31.3 Å². The first-order valence-electron chi connectivity index (χ1n) is 5.07. The van der Waals surface area contributed by atoms with E-state index in [1.807, 2.05) is 6.42 Å².